The lowest BCUT2D eigenvalue weighted by atomic mass is 10.2. The van der Waals surface area contributed by atoms with Gasteiger partial charge in [0.1, 0.15) is 0 Å². The van der Waals surface area contributed by atoms with E-state index in [9.17, 15) is 14.9 Å². The molecule has 7 nitrogen and oxygen atoms in total. The van der Waals surface area contributed by atoms with Crippen LogP contribution in [0, 0.1) is 24.0 Å². The van der Waals surface area contributed by atoms with Gasteiger partial charge < -0.3 is 5.32 Å². The van der Waals surface area contributed by atoms with Crippen LogP contribution in [0.2, 0.25) is 0 Å². The van der Waals surface area contributed by atoms with Crippen LogP contribution in [0.15, 0.2) is 54.6 Å². The van der Waals surface area contributed by atoms with E-state index in [0.29, 0.717) is 17.9 Å². The maximum absolute atomic E-state index is 12.5. The zero-order valence-corrected chi connectivity index (χ0v) is 14.5. The summed E-state index contributed by atoms with van der Waals surface area (Å²) in [7, 11) is 0. The van der Waals surface area contributed by atoms with Crippen molar-refractivity contribution >= 4 is 17.3 Å². The average Bonchev–Trinajstić information content (AvgIpc) is 2.90. The molecule has 0 fully saturated rings. The van der Waals surface area contributed by atoms with E-state index in [0.717, 1.165) is 11.3 Å². The second kappa shape index (κ2) is 7.18. The first-order valence-electron chi connectivity index (χ1n) is 8.09. The third-order valence-electron chi connectivity index (χ3n) is 4.11. The van der Waals surface area contributed by atoms with Gasteiger partial charge >= 0.3 is 0 Å². The molecule has 0 saturated heterocycles. The van der Waals surface area contributed by atoms with Gasteiger partial charge in [0.2, 0.25) is 0 Å². The van der Waals surface area contributed by atoms with Crippen LogP contribution in [-0.2, 0) is 6.54 Å². The van der Waals surface area contributed by atoms with E-state index in [4.69, 9.17) is 0 Å². The van der Waals surface area contributed by atoms with Crippen LogP contribution in [0.25, 0.3) is 0 Å². The van der Waals surface area contributed by atoms with E-state index in [2.05, 4.69) is 10.4 Å². The van der Waals surface area contributed by atoms with E-state index in [1.54, 1.807) is 6.07 Å². The summed E-state index contributed by atoms with van der Waals surface area (Å²) in [5.74, 6) is -0.404. The average molecular weight is 350 g/mol. The third-order valence-corrected chi connectivity index (χ3v) is 4.11. The minimum absolute atomic E-state index is 0.120. The Morgan fingerprint density at radius 2 is 1.88 bits per heavy atom. The topological polar surface area (TPSA) is 90.1 Å². The van der Waals surface area contributed by atoms with Crippen LogP contribution in [0.1, 0.15) is 27.3 Å². The van der Waals surface area contributed by atoms with Crippen molar-refractivity contribution in [1.29, 1.82) is 0 Å². The first-order chi connectivity index (χ1) is 12.5. The lowest BCUT2D eigenvalue weighted by molar-refractivity contribution is -0.384. The second-order valence-corrected chi connectivity index (χ2v) is 5.95. The second-order valence-electron chi connectivity index (χ2n) is 5.95. The molecule has 0 radical (unpaired) electrons. The molecular weight excluding hydrogens is 332 g/mol. The van der Waals surface area contributed by atoms with Crippen LogP contribution in [0.5, 0.6) is 0 Å². The Bertz CT molecular complexity index is 964. The maximum Gasteiger partial charge on any atom is 0.270 e. The molecule has 1 amide bonds. The molecule has 26 heavy (non-hydrogen) atoms. The van der Waals surface area contributed by atoms with Crippen molar-refractivity contribution in [3.8, 4) is 0 Å². The zero-order valence-electron chi connectivity index (χ0n) is 14.5. The molecule has 7 heteroatoms. The summed E-state index contributed by atoms with van der Waals surface area (Å²) in [6, 6.07) is 15.6. The number of amides is 1. The number of anilines is 1. The fourth-order valence-electron chi connectivity index (χ4n) is 2.73. The summed E-state index contributed by atoms with van der Waals surface area (Å²) in [6.07, 6.45) is 0. The standard InChI is InChI=1S/C19H18N4O3/c1-13-18(14(2)22(21-13)12-15-7-4-3-5-8-15)20-19(24)16-9-6-10-17(11-16)23(25)26/h3-11H,12H2,1-2H3,(H,20,24). The highest BCUT2D eigenvalue weighted by atomic mass is 16.6. The zero-order chi connectivity index (χ0) is 18.7. The first-order valence-corrected chi connectivity index (χ1v) is 8.09. The molecule has 1 aromatic heterocycles. The Morgan fingerprint density at radius 3 is 2.58 bits per heavy atom. The van der Waals surface area contributed by atoms with Gasteiger partial charge in [-0.3, -0.25) is 19.6 Å². The molecule has 0 aliphatic carbocycles. The molecule has 3 aromatic rings. The molecular formula is C19H18N4O3. The number of non-ortho nitro benzene ring substituents is 1. The van der Waals surface area contributed by atoms with Crippen molar-refractivity contribution in [1.82, 2.24) is 9.78 Å². The SMILES string of the molecule is Cc1nn(Cc2ccccc2)c(C)c1NC(=O)c1cccc([N+](=O)[O-])c1. The van der Waals surface area contributed by atoms with Gasteiger partial charge in [-0.15, -0.1) is 0 Å². The Hall–Kier alpha value is -3.48. The van der Waals surface area contributed by atoms with Gasteiger partial charge in [0.15, 0.2) is 0 Å². The number of rotatable bonds is 5. The number of nitrogens with one attached hydrogen (secondary N) is 1. The van der Waals surface area contributed by atoms with Crippen molar-refractivity contribution in [3.63, 3.8) is 0 Å². The molecule has 1 heterocycles. The van der Waals surface area contributed by atoms with E-state index < -0.39 is 10.8 Å². The Kier molecular flexibility index (Phi) is 4.79. The predicted octanol–water partition coefficient (Wildman–Crippen LogP) is 3.71. The van der Waals surface area contributed by atoms with Gasteiger partial charge in [-0.1, -0.05) is 36.4 Å². The van der Waals surface area contributed by atoms with Crippen molar-refractivity contribution in [2.75, 3.05) is 5.32 Å². The van der Waals surface area contributed by atoms with E-state index in [-0.39, 0.29) is 11.3 Å². The van der Waals surface area contributed by atoms with Crippen LogP contribution >= 0.6 is 0 Å². The molecule has 2 aromatic carbocycles. The lowest BCUT2D eigenvalue weighted by Crippen LogP contribution is -2.13. The number of nitrogens with zero attached hydrogens (tertiary/aromatic N) is 3. The van der Waals surface area contributed by atoms with Crippen molar-refractivity contribution in [3.05, 3.63) is 87.2 Å². The highest BCUT2D eigenvalue weighted by Gasteiger charge is 2.17. The van der Waals surface area contributed by atoms with E-state index >= 15 is 0 Å². The van der Waals surface area contributed by atoms with Crippen molar-refractivity contribution < 1.29 is 9.72 Å². The summed E-state index contributed by atoms with van der Waals surface area (Å²) in [5, 5.41) is 18.2. The molecule has 3 rings (SSSR count). The van der Waals surface area contributed by atoms with Gasteiger partial charge in [0.25, 0.3) is 11.6 Å². The summed E-state index contributed by atoms with van der Waals surface area (Å²) in [6.45, 7) is 4.30. The minimum atomic E-state index is -0.523. The van der Waals surface area contributed by atoms with Crippen LogP contribution in [0.4, 0.5) is 11.4 Å². The fraction of sp³-hybridized carbons (Fsp3) is 0.158. The summed E-state index contributed by atoms with van der Waals surface area (Å²) >= 11 is 0. The molecule has 0 aliphatic rings. The Balaban J connectivity index is 1.83. The number of aromatic nitrogens is 2. The normalized spacial score (nSPS) is 10.5. The Morgan fingerprint density at radius 1 is 1.15 bits per heavy atom. The number of carbonyl (C=O) groups is 1. The monoisotopic (exact) mass is 350 g/mol. The summed E-state index contributed by atoms with van der Waals surface area (Å²) in [5.41, 5.74) is 3.36. The molecule has 0 saturated carbocycles. The highest BCUT2D eigenvalue weighted by Crippen LogP contribution is 2.22. The molecule has 0 atom stereocenters. The van der Waals surface area contributed by atoms with Crippen LogP contribution < -0.4 is 5.32 Å². The predicted molar refractivity (Wildman–Crippen MR) is 98.3 cm³/mol. The van der Waals surface area contributed by atoms with Gasteiger partial charge in [-0.25, -0.2) is 0 Å². The van der Waals surface area contributed by atoms with Gasteiger partial charge in [-0.05, 0) is 25.5 Å². The molecule has 1 N–H and O–H groups in total. The van der Waals surface area contributed by atoms with E-state index in [1.807, 2.05) is 48.9 Å². The van der Waals surface area contributed by atoms with Gasteiger partial charge in [0.05, 0.1) is 28.5 Å². The number of nitro groups is 1. The highest BCUT2D eigenvalue weighted by molar-refractivity contribution is 6.05. The number of carbonyl (C=O) groups excluding carboxylic acids is 1. The van der Waals surface area contributed by atoms with Crippen LogP contribution in [-0.4, -0.2) is 20.6 Å². The van der Waals surface area contributed by atoms with Gasteiger partial charge in [-0.2, -0.15) is 5.10 Å². The first kappa shape index (κ1) is 17.3. The lowest BCUT2D eigenvalue weighted by Gasteiger charge is -2.07. The number of hydrogen-bond donors (Lipinski definition) is 1. The summed E-state index contributed by atoms with van der Waals surface area (Å²) in [4.78, 5) is 22.8. The quantitative estimate of drug-likeness (QED) is 0.561. The largest absolute Gasteiger partial charge is 0.319 e. The fourth-order valence-corrected chi connectivity index (χ4v) is 2.73. The number of aryl methyl sites for hydroxylation is 1. The smallest absolute Gasteiger partial charge is 0.270 e. The van der Waals surface area contributed by atoms with Crippen molar-refractivity contribution in [2.24, 2.45) is 0 Å². The molecule has 0 aliphatic heterocycles. The number of nitro benzene ring substituents is 1. The molecule has 0 bridgehead atoms. The van der Waals surface area contributed by atoms with Crippen molar-refractivity contribution in [2.45, 2.75) is 20.4 Å². The number of hydrogen-bond acceptors (Lipinski definition) is 4. The van der Waals surface area contributed by atoms with E-state index in [1.165, 1.54) is 18.2 Å². The number of benzene rings is 2. The molecule has 0 unspecified atom stereocenters. The van der Waals surface area contributed by atoms with Gasteiger partial charge in [0, 0.05) is 17.7 Å². The maximum atomic E-state index is 12.5. The Labute approximate surface area is 150 Å². The summed E-state index contributed by atoms with van der Waals surface area (Å²) < 4.78 is 1.83. The van der Waals surface area contributed by atoms with Crippen LogP contribution in [0.3, 0.4) is 0 Å². The third kappa shape index (κ3) is 3.61. The minimum Gasteiger partial charge on any atom is -0.319 e. The molecule has 132 valence electrons. The molecule has 0 spiro atoms.